The lowest BCUT2D eigenvalue weighted by Gasteiger charge is -2.18. The zero-order valence-electron chi connectivity index (χ0n) is 12.9. The van der Waals surface area contributed by atoms with Crippen molar-refractivity contribution in [3.63, 3.8) is 0 Å². The van der Waals surface area contributed by atoms with Crippen LogP contribution in [0.25, 0.3) is 0 Å². The number of nitrogens with zero attached hydrogens (tertiary/aromatic N) is 1. The van der Waals surface area contributed by atoms with E-state index in [4.69, 9.17) is 4.74 Å². The Hall–Kier alpha value is -1.90. The van der Waals surface area contributed by atoms with Crippen LogP contribution in [0.3, 0.4) is 0 Å². The van der Waals surface area contributed by atoms with E-state index < -0.39 is 6.61 Å². The van der Waals surface area contributed by atoms with Crippen LogP contribution in [-0.4, -0.2) is 31.1 Å². The number of hydrogen-bond acceptors (Lipinski definition) is 3. The molecule has 0 aliphatic rings. The van der Waals surface area contributed by atoms with Crippen molar-refractivity contribution in [1.29, 1.82) is 0 Å². The molecule has 2 aromatic rings. The number of halogens is 3. The average molecular weight is 447 g/mol. The second kappa shape index (κ2) is 8.81. The van der Waals surface area contributed by atoms with Crippen LogP contribution in [0.5, 0.6) is 11.5 Å². The molecule has 2 aromatic carbocycles. The fourth-order valence-electron chi connectivity index (χ4n) is 1.95. The summed E-state index contributed by atoms with van der Waals surface area (Å²) < 4.78 is 34.9. The van der Waals surface area contributed by atoms with Gasteiger partial charge in [0.05, 0.1) is 3.57 Å². The molecule has 24 heavy (non-hydrogen) atoms. The third-order valence-corrected chi connectivity index (χ3v) is 4.07. The van der Waals surface area contributed by atoms with Crippen LogP contribution in [0.15, 0.2) is 48.5 Å². The molecule has 0 saturated carbocycles. The van der Waals surface area contributed by atoms with Gasteiger partial charge in [-0.15, -0.1) is 0 Å². The van der Waals surface area contributed by atoms with Gasteiger partial charge >= 0.3 is 6.61 Å². The number of carbonyl (C=O) groups excluding carboxylic acids is 1. The zero-order valence-corrected chi connectivity index (χ0v) is 15.1. The molecule has 0 radical (unpaired) electrons. The summed E-state index contributed by atoms with van der Waals surface area (Å²) in [7, 11) is 1.66. The van der Waals surface area contributed by atoms with Crippen LogP contribution in [-0.2, 0) is 11.3 Å². The quantitative estimate of drug-likeness (QED) is 0.604. The third kappa shape index (κ3) is 5.63. The Labute approximate surface area is 152 Å². The first kappa shape index (κ1) is 18.4. The molecule has 0 aromatic heterocycles. The average Bonchev–Trinajstić information content (AvgIpc) is 2.55. The molecule has 128 valence electrons. The Balaban J connectivity index is 1.86. The van der Waals surface area contributed by atoms with Gasteiger partial charge in [0.2, 0.25) is 0 Å². The first-order valence-corrected chi connectivity index (χ1v) is 8.18. The van der Waals surface area contributed by atoms with Crippen molar-refractivity contribution in [2.24, 2.45) is 0 Å². The van der Waals surface area contributed by atoms with Crippen molar-refractivity contribution >= 4 is 28.5 Å². The van der Waals surface area contributed by atoms with Gasteiger partial charge in [-0.2, -0.15) is 8.78 Å². The SMILES string of the molecule is CN(Cc1ccc(OC(F)F)cc1)C(=O)COc1ccccc1I. The molecule has 0 aliphatic heterocycles. The van der Waals surface area contributed by atoms with Crippen molar-refractivity contribution in [3.8, 4) is 11.5 Å². The maximum absolute atomic E-state index is 12.1. The number of hydrogen-bond donors (Lipinski definition) is 0. The first-order valence-electron chi connectivity index (χ1n) is 7.11. The maximum atomic E-state index is 12.1. The Morgan fingerprint density at radius 1 is 1.17 bits per heavy atom. The topological polar surface area (TPSA) is 38.8 Å². The minimum Gasteiger partial charge on any atom is -0.483 e. The van der Waals surface area contributed by atoms with Crippen molar-refractivity contribution in [2.45, 2.75) is 13.2 Å². The molecule has 0 aliphatic carbocycles. The van der Waals surface area contributed by atoms with Crippen molar-refractivity contribution < 1.29 is 23.0 Å². The molecule has 4 nitrogen and oxygen atoms in total. The molecule has 2 rings (SSSR count). The second-order valence-corrected chi connectivity index (χ2v) is 6.15. The normalized spacial score (nSPS) is 10.5. The minimum absolute atomic E-state index is 0.0664. The van der Waals surface area contributed by atoms with Gasteiger partial charge in [0.15, 0.2) is 6.61 Å². The number of ether oxygens (including phenoxy) is 2. The minimum atomic E-state index is -2.85. The third-order valence-electron chi connectivity index (χ3n) is 3.18. The summed E-state index contributed by atoms with van der Waals surface area (Å²) in [6.07, 6.45) is 0. The predicted molar refractivity (Wildman–Crippen MR) is 94.2 cm³/mol. The first-order chi connectivity index (χ1) is 11.5. The number of carbonyl (C=O) groups is 1. The largest absolute Gasteiger partial charge is 0.483 e. The number of benzene rings is 2. The summed E-state index contributed by atoms with van der Waals surface area (Å²) in [5.74, 6) is 0.570. The van der Waals surface area contributed by atoms with E-state index in [1.165, 1.54) is 17.0 Å². The molecule has 0 bridgehead atoms. The molecule has 7 heteroatoms. The highest BCUT2D eigenvalue weighted by atomic mass is 127. The van der Waals surface area contributed by atoms with E-state index in [2.05, 4.69) is 27.3 Å². The van der Waals surface area contributed by atoms with Gasteiger partial charge in [-0.1, -0.05) is 24.3 Å². The summed E-state index contributed by atoms with van der Waals surface area (Å²) in [4.78, 5) is 13.6. The zero-order chi connectivity index (χ0) is 17.5. The number of rotatable bonds is 7. The van der Waals surface area contributed by atoms with Crippen molar-refractivity contribution in [1.82, 2.24) is 4.90 Å². The van der Waals surface area contributed by atoms with Crippen molar-refractivity contribution in [3.05, 3.63) is 57.7 Å². The van der Waals surface area contributed by atoms with E-state index in [1.807, 2.05) is 18.2 Å². The summed E-state index contributed by atoms with van der Waals surface area (Å²) >= 11 is 2.14. The molecule has 0 saturated heterocycles. The fraction of sp³-hybridized carbons (Fsp3) is 0.235. The van der Waals surface area contributed by atoms with E-state index in [-0.39, 0.29) is 18.3 Å². The smallest absolute Gasteiger partial charge is 0.387 e. The summed E-state index contributed by atoms with van der Waals surface area (Å²) in [5, 5.41) is 0. The van der Waals surface area contributed by atoms with E-state index in [1.54, 1.807) is 25.2 Å². The Morgan fingerprint density at radius 2 is 1.83 bits per heavy atom. The molecule has 0 unspecified atom stereocenters. The van der Waals surface area contributed by atoms with E-state index in [0.717, 1.165) is 9.13 Å². The van der Waals surface area contributed by atoms with Crippen LogP contribution in [0.2, 0.25) is 0 Å². The highest BCUT2D eigenvalue weighted by molar-refractivity contribution is 14.1. The Bertz CT molecular complexity index is 680. The number of para-hydroxylation sites is 1. The van der Waals surface area contributed by atoms with Crippen LogP contribution >= 0.6 is 22.6 Å². The molecular weight excluding hydrogens is 431 g/mol. The molecule has 0 fully saturated rings. The van der Waals surface area contributed by atoms with Crippen LogP contribution in [0.4, 0.5) is 8.78 Å². The second-order valence-electron chi connectivity index (χ2n) is 4.99. The Kier molecular flexibility index (Phi) is 6.77. The van der Waals surface area contributed by atoms with Crippen LogP contribution in [0, 0.1) is 3.57 Å². The monoisotopic (exact) mass is 447 g/mol. The van der Waals surface area contributed by atoms with Gasteiger partial charge in [0, 0.05) is 13.6 Å². The highest BCUT2D eigenvalue weighted by Gasteiger charge is 2.11. The summed E-state index contributed by atoms with van der Waals surface area (Å²) in [5.41, 5.74) is 0.807. The lowest BCUT2D eigenvalue weighted by Crippen LogP contribution is -2.31. The molecule has 0 N–H and O–H groups in total. The number of likely N-dealkylation sites (N-methyl/N-ethyl adjacent to an activating group) is 1. The van der Waals surface area contributed by atoms with Gasteiger partial charge < -0.3 is 14.4 Å². The van der Waals surface area contributed by atoms with Gasteiger partial charge in [-0.25, -0.2) is 0 Å². The lowest BCUT2D eigenvalue weighted by molar-refractivity contribution is -0.132. The number of amides is 1. The van der Waals surface area contributed by atoms with Crippen LogP contribution < -0.4 is 9.47 Å². The van der Waals surface area contributed by atoms with Gasteiger partial charge in [-0.3, -0.25) is 4.79 Å². The maximum Gasteiger partial charge on any atom is 0.387 e. The predicted octanol–water partition coefficient (Wildman–Crippen LogP) is 3.93. The lowest BCUT2D eigenvalue weighted by atomic mass is 10.2. The van der Waals surface area contributed by atoms with E-state index in [0.29, 0.717) is 12.3 Å². The van der Waals surface area contributed by atoms with Gasteiger partial charge in [0.1, 0.15) is 11.5 Å². The van der Waals surface area contributed by atoms with Gasteiger partial charge in [0.25, 0.3) is 5.91 Å². The Morgan fingerprint density at radius 3 is 2.46 bits per heavy atom. The fourth-order valence-corrected chi connectivity index (χ4v) is 2.49. The van der Waals surface area contributed by atoms with Gasteiger partial charge in [-0.05, 0) is 52.4 Å². The van der Waals surface area contributed by atoms with E-state index in [9.17, 15) is 13.6 Å². The van der Waals surface area contributed by atoms with Crippen molar-refractivity contribution in [2.75, 3.05) is 13.7 Å². The molecular formula is C17H16F2INO3. The molecule has 0 heterocycles. The molecule has 1 amide bonds. The molecule has 0 atom stereocenters. The summed E-state index contributed by atoms with van der Waals surface area (Å²) in [6, 6.07) is 13.6. The summed E-state index contributed by atoms with van der Waals surface area (Å²) in [6.45, 7) is -2.57. The van der Waals surface area contributed by atoms with E-state index >= 15 is 0 Å². The molecule has 0 spiro atoms. The standard InChI is InChI=1S/C17H16F2INO3/c1-21(10-12-6-8-13(9-7-12)24-17(18)19)16(22)11-23-15-5-3-2-4-14(15)20/h2-9,17H,10-11H2,1H3. The highest BCUT2D eigenvalue weighted by Crippen LogP contribution is 2.20. The van der Waals surface area contributed by atoms with Crippen LogP contribution in [0.1, 0.15) is 5.56 Å². The number of alkyl halides is 2.